The minimum Gasteiger partial charge on any atom is -0.484 e. The van der Waals surface area contributed by atoms with E-state index in [0.29, 0.717) is 11.3 Å². The smallest absolute Gasteiger partial charge is 0.336 e. The van der Waals surface area contributed by atoms with Crippen molar-refractivity contribution < 1.29 is 13.9 Å². The van der Waals surface area contributed by atoms with Crippen molar-refractivity contribution in [1.29, 1.82) is 0 Å². The first-order valence-electron chi connectivity index (χ1n) is 10.1. The lowest BCUT2D eigenvalue weighted by atomic mass is 9.70. The Morgan fingerprint density at radius 2 is 2.04 bits per heavy atom. The van der Waals surface area contributed by atoms with Gasteiger partial charge in [-0.25, -0.2) is 10.2 Å². The predicted octanol–water partition coefficient (Wildman–Crippen LogP) is 3.94. The number of carbonyl (C=O) groups excluding carboxylic acids is 1. The zero-order chi connectivity index (χ0) is 19.5. The van der Waals surface area contributed by atoms with Crippen LogP contribution in [0.3, 0.4) is 0 Å². The molecule has 6 heteroatoms. The summed E-state index contributed by atoms with van der Waals surface area (Å²) in [6, 6.07) is 6.67. The highest BCUT2D eigenvalue weighted by Crippen LogP contribution is 2.39. The number of aryl methyl sites for hydroxylation is 1. The molecule has 1 N–H and O–H groups in total. The van der Waals surface area contributed by atoms with Crippen LogP contribution in [0.1, 0.15) is 50.5 Å². The molecule has 0 spiro atoms. The molecule has 148 valence electrons. The first-order chi connectivity index (χ1) is 13.6. The third-order valence-corrected chi connectivity index (χ3v) is 6.00. The van der Waals surface area contributed by atoms with E-state index in [-0.39, 0.29) is 12.5 Å². The SMILES string of the molecule is Cc1cc(=O)oc2cc(OCC(=O)N/N=C3/CC[C@@H]4CCCC[C@H]4C3)ccc12. The second-order valence-corrected chi connectivity index (χ2v) is 7.96. The molecule has 1 aromatic carbocycles. The van der Waals surface area contributed by atoms with E-state index in [2.05, 4.69) is 10.5 Å². The van der Waals surface area contributed by atoms with Gasteiger partial charge >= 0.3 is 5.63 Å². The molecule has 1 amide bonds. The van der Waals surface area contributed by atoms with Gasteiger partial charge in [0, 0.05) is 23.2 Å². The number of nitrogens with one attached hydrogen (secondary N) is 1. The van der Waals surface area contributed by atoms with Gasteiger partial charge in [0.2, 0.25) is 0 Å². The molecule has 0 unspecified atom stereocenters. The van der Waals surface area contributed by atoms with Crippen LogP contribution < -0.4 is 15.8 Å². The number of carbonyl (C=O) groups is 1. The van der Waals surface area contributed by atoms with Crippen LogP contribution >= 0.6 is 0 Å². The van der Waals surface area contributed by atoms with Gasteiger partial charge < -0.3 is 9.15 Å². The molecule has 2 aliphatic carbocycles. The van der Waals surface area contributed by atoms with E-state index in [4.69, 9.17) is 9.15 Å². The number of ether oxygens (including phenoxy) is 1. The zero-order valence-electron chi connectivity index (χ0n) is 16.2. The number of hydrogen-bond acceptors (Lipinski definition) is 5. The summed E-state index contributed by atoms with van der Waals surface area (Å²) in [7, 11) is 0. The van der Waals surface area contributed by atoms with E-state index in [1.54, 1.807) is 12.1 Å². The molecular formula is C22H26N2O4. The second kappa shape index (κ2) is 8.17. The summed E-state index contributed by atoms with van der Waals surface area (Å²) in [6.07, 6.45) is 8.50. The van der Waals surface area contributed by atoms with E-state index < -0.39 is 5.63 Å². The minimum atomic E-state index is -0.400. The fourth-order valence-electron chi connectivity index (χ4n) is 4.51. The van der Waals surface area contributed by atoms with Crippen LogP contribution in [-0.2, 0) is 4.79 Å². The second-order valence-electron chi connectivity index (χ2n) is 7.96. The lowest BCUT2D eigenvalue weighted by molar-refractivity contribution is -0.123. The molecule has 2 atom stereocenters. The van der Waals surface area contributed by atoms with Gasteiger partial charge in [-0.3, -0.25) is 4.79 Å². The molecule has 0 radical (unpaired) electrons. The number of hydrogen-bond donors (Lipinski definition) is 1. The minimum absolute atomic E-state index is 0.135. The third-order valence-electron chi connectivity index (χ3n) is 6.00. The number of hydrazone groups is 1. The molecule has 2 aliphatic rings. The van der Waals surface area contributed by atoms with Crippen LogP contribution in [0.15, 0.2) is 38.6 Å². The highest BCUT2D eigenvalue weighted by Gasteiger charge is 2.30. The lowest BCUT2D eigenvalue weighted by Crippen LogP contribution is -2.31. The van der Waals surface area contributed by atoms with Crippen LogP contribution in [0.25, 0.3) is 11.0 Å². The predicted molar refractivity (Wildman–Crippen MR) is 108 cm³/mol. The van der Waals surface area contributed by atoms with Crippen LogP contribution in [-0.4, -0.2) is 18.2 Å². The van der Waals surface area contributed by atoms with Crippen molar-refractivity contribution >= 4 is 22.6 Å². The Balaban J connectivity index is 1.32. The van der Waals surface area contributed by atoms with Crippen molar-refractivity contribution in [1.82, 2.24) is 5.43 Å². The summed E-state index contributed by atoms with van der Waals surface area (Å²) in [6.45, 7) is 1.72. The van der Waals surface area contributed by atoms with Crippen LogP contribution in [0.5, 0.6) is 5.75 Å². The number of nitrogens with zero attached hydrogens (tertiary/aromatic N) is 1. The van der Waals surface area contributed by atoms with Crippen molar-refractivity contribution in [3.8, 4) is 5.75 Å². The Morgan fingerprint density at radius 3 is 2.89 bits per heavy atom. The molecule has 6 nitrogen and oxygen atoms in total. The first-order valence-corrected chi connectivity index (χ1v) is 10.1. The highest BCUT2D eigenvalue weighted by molar-refractivity contribution is 5.87. The molecule has 1 aromatic heterocycles. The molecule has 0 bridgehead atoms. The lowest BCUT2D eigenvalue weighted by Gasteiger charge is -2.35. The summed E-state index contributed by atoms with van der Waals surface area (Å²) in [5, 5.41) is 5.19. The molecular weight excluding hydrogens is 356 g/mol. The highest BCUT2D eigenvalue weighted by atomic mass is 16.5. The number of fused-ring (bicyclic) bond motifs is 2. The topological polar surface area (TPSA) is 80.9 Å². The molecule has 2 saturated carbocycles. The van der Waals surface area contributed by atoms with Gasteiger partial charge in [0.1, 0.15) is 11.3 Å². The maximum Gasteiger partial charge on any atom is 0.336 e. The van der Waals surface area contributed by atoms with E-state index in [1.165, 1.54) is 38.2 Å². The summed E-state index contributed by atoms with van der Waals surface area (Å²) < 4.78 is 10.7. The maximum absolute atomic E-state index is 12.1. The monoisotopic (exact) mass is 382 g/mol. The van der Waals surface area contributed by atoms with Gasteiger partial charge in [0.05, 0.1) is 0 Å². The Labute approximate surface area is 164 Å². The Hall–Kier alpha value is -2.63. The fraction of sp³-hybridized carbons (Fsp3) is 0.500. The quantitative estimate of drug-likeness (QED) is 0.641. The number of amides is 1. The van der Waals surface area contributed by atoms with Gasteiger partial charge in [-0.15, -0.1) is 0 Å². The van der Waals surface area contributed by atoms with E-state index >= 15 is 0 Å². The van der Waals surface area contributed by atoms with Gasteiger partial charge in [-0.05, 0) is 62.1 Å². The Bertz CT molecular complexity index is 963. The number of rotatable bonds is 4. The summed E-state index contributed by atoms with van der Waals surface area (Å²) in [4.78, 5) is 23.6. The molecule has 4 rings (SSSR count). The molecule has 2 fully saturated rings. The Morgan fingerprint density at radius 1 is 1.21 bits per heavy atom. The van der Waals surface area contributed by atoms with Crippen molar-refractivity contribution in [3.05, 3.63) is 40.2 Å². The van der Waals surface area contributed by atoms with E-state index in [0.717, 1.165) is 41.3 Å². The van der Waals surface area contributed by atoms with Crippen molar-refractivity contribution in [2.24, 2.45) is 16.9 Å². The van der Waals surface area contributed by atoms with E-state index in [1.807, 2.05) is 13.0 Å². The van der Waals surface area contributed by atoms with Gasteiger partial charge in [0.15, 0.2) is 6.61 Å². The molecule has 0 saturated heterocycles. The standard InChI is InChI=1S/C22H26N2O4/c1-14-10-22(26)28-20-12-18(8-9-19(14)20)27-13-21(25)24-23-17-7-6-15-4-2-3-5-16(15)11-17/h8-10,12,15-16H,2-7,11,13H2,1H3,(H,24,25)/b23-17-/t15-,16-/m0/s1. The van der Waals surface area contributed by atoms with Crippen molar-refractivity contribution in [2.45, 2.75) is 51.9 Å². The van der Waals surface area contributed by atoms with Crippen molar-refractivity contribution in [2.75, 3.05) is 6.61 Å². The van der Waals surface area contributed by atoms with Crippen molar-refractivity contribution in [3.63, 3.8) is 0 Å². The maximum atomic E-state index is 12.1. The summed E-state index contributed by atoms with van der Waals surface area (Å²) in [5.41, 5.74) is 4.62. The van der Waals surface area contributed by atoms with Crippen LogP contribution in [0.4, 0.5) is 0 Å². The van der Waals surface area contributed by atoms with E-state index in [9.17, 15) is 9.59 Å². The molecule has 28 heavy (non-hydrogen) atoms. The number of benzene rings is 1. The summed E-state index contributed by atoms with van der Waals surface area (Å²) >= 11 is 0. The third kappa shape index (κ3) is 4.26. The average Bonchev–Trinajstić information content (AvgIpc) is 2.70. The average molecular weight is 382 g/mol. The fourth-order valence-corrected chi connectivity index (χ4v) is 4.51. The molecule has 0 aliphatic heterocycles. The molecule has 2 aromatic rings. The largest absolute Gasteiger partial charge is 0.484 e. The normalized spacial score (nSPS) is 23.4. The van der Waals surface area contributed by atoms with Gasteiger partial charge in [0.25, 0.3) is 5.91 Å². The molecule has 1 heterocycles. The first kappa shape index (κ1) is 18.7. The van der Waals surface area contributed by atoms with Crippen LogP contribution in [0.2, 0.25) is 0 Å². The van der Waals surface area contributed by atoms with Gasteiger partial charge in [-0.2, -0.15) is 5.10 Å². The Kier molecular flexibility index (Phi) is 5.46. The van der Waals surface area contributed by atoms with Crippen LogP contribution in [0, 0.1) is 18.8 Å². The van der Waals surface area contributed by atoms with Gasteiger partial charge in [-0.1, -0.05) is 19.3 Å². The summed E-state index contributed by atoms with van der Waals surface area (Å²) in [5.74, 6) is 1.78. The zero-order valence-corrected chi connectivity index (χ0v) is 16.2.